The quantitative estimate of drug-likeness (QED) is 0.485. The number of benzene rings is 1. The number of halogens is 1. The molecule has 0 aliphatic carbocycles. The van der Waals surface area contributed by atoms with E-state index in [0.717, 1.165) is 17.9 Å². The van der Waals surface area contributed by atoms with Crippen LogP contribution in [0.3, 0.4) is 0 Å². The molecule has 0 aromatic heterocycles. The molecule has 1 aromatic rings. The van der Waals surface area contributed by atoms with Crippen molar-refractivity contribution in [3.05, 3.63) is 29.3 Å². The van der Waals surface area contributed by atoms with Crippen LogP contribution in [0.5, 0.6) is 0 Å². The van der Waals surface area contributed by atoms with Crippen molar-refractivity contribution in [3.8, 4) is 0 Å². The number of imide groups is 1. The Morgan fingerprint density at radius 2 is 1.96 bits per heavy atom. The molecule has 1 saturated heterocycles. The Bertz CT molecular complexity index is 606. The molecular formula is C16H21ClN4O3. The zero-order chi connectivity index (χ0) is 17.5. The highest BCUT2D eigenvalue weighted by Gasteiger charge is 2.38. The highest BCUT2D eigenvalue weighted by molar-refractivity contribution is 6.30. The highest BCUT2D eigenvalue weighted by Crippen LogP contribution is 2.22. The van der Waals surface area contributed by atoms with Crippen LogP contribution < -0.4 is 20.9 Å². The summed E-state index contributed by atoms with van der Waals surface area (Å²) in [5.74, 6) is -0.483. The summed E-state index contributed by atoms with van der Waals surface area (Å²) >= 11 is 5.81. The van der Waals surface area contributed by atoms with Crippen LogP contribution >= 0.6 is 11.6 Å². The lowest BCUT2D eigenvalue weighted by Gasteiger charge is -2.13. The average Bonchev–Trinajstić information content (AvgIpc) is 2.85. The smallest absolute Gasteiger partial charge is 0.329 e. The van der Waals surface area contributed by atoms with Crippen molar-refractivity contribution < 1.29 is 14.4 Å². The standard InChI is InChI=1S/C16H21ClN4O3/c1-18-9-2-10-19-14(22)8-7-13-15(23)21(16(24)20-13)12-5-3-11(17)4-6-12/h3-6,13,18H,2,7-10H2,1H3,(H,19,22)(H,20,24). The van der Waals surface area contributed by atoms with Crippen LogP contribution in [0.25, 0.3) is 0 Å². The predicted molar refractivity (Wildman–Crippen MR) is 92.0 cm³/mol. The van der Waals surface area contributed by atoms with E-state index in [9.17, 15) is 14.4 Å². The van der Waals surface area contributed by atoms with Crippen molar-refractivity contribution in [1.29, 1.82) is 0 Å². The lowest BCUT2D eigenvalue weighted by molar-refractivity contribution is -0.121. The fourth-order valence-corrected chi connectivity index (χ4v) is 2.54. The molecule has 0 bridgehead atoms. The second-order valence-electron chi connectivity index (χ2n) is 5.50. The minimum Gasteiger partial charge on any atom is -0.356 e. The van der Waals surface area contributed by atoms with Crippen LogP contribution in [0, 0.1) is 0 Å². The first kappa shape index (κ1) is 18.2. The van der Waals surface area contributed by atoms with Gasteiger partial charge in [-0.25, -0.2) is 9.69 Å². The van der Waals surface area contributed by atoms with Crippen LogP contribution in [-0.4, -0.2) is 44.0 Å². The number of carbonyl (C=O) groups excluding carboxylic acids is 3. The molecule has 1 heterocycles. The van der Waals surface area contributed by atoms with Gasteiger partial charge >= 0.3 is 6.03 Å². The Kier molecular flexibility index (Phi) is 6.57. The number of rotatable bonds is 8. The first-order valence-corrected chi connectivity index (χ1v) is 8.22. The van der Waals surface area contributed by atoms with Crippen LogP contribution in [0.1, 0.15) is 19.3 Å². The number of hydrogen-bond acceptors (Lipinski definition) is 4. The molecular weight excluding hydrogens is 332 g/mol. The van der Waals surface area contributed by atoms with Crippen molar-refractivity contribution in [1.82, 2.24) is 16.0 Å². The number of nitrogens with one attached hydrogen (secondary N) is 3. The van der Waals surface area contributed by atoms with Crippen molar-refractivity contribution in [3.63, 3.8) is 0 Å². The van der Waals surface area contributed by atoms with E-state index < -0.39 is 12.1 Å². The summed E-state index contributed by atoms with van der Waals surface area (Å²) in [7, 11) is 1.85. The van der Waals surface area contributed by atoms with Gasteiger partial charge in [-0.2, -0.15) is 0 Å². The molecule has 8 heteroatoms. The molecule has 1 aliphatic heterocycles. The van der Waals surface area contributed by atoms with Gasteiger partial charge < -0.3 is 16.0 Å². The number of urea groups is 1. The van der Waals surface area contributed by atoms with Gasteiger partial charge in [0.2, 0.25) is 5.91 Å². The van der Waals surface area contributed by atoms with Gasteiger partial charge in [0.1, 0.15) is 6.04 Å². The second-order valence-corrected chi connectivity index (χ2v) is 5.93. The zero-order valence-electron chi connectivity index (χ0n) is 13.5. The molecule has 1 atom stereocenters. The molecule has 2 rings (SSSR count). The molecule has 1 aromatic carbocycles. The highest BCUT2D eigenvalue weighted by atomic mass is 35.5. The van der Waals surface area contributed by atoms with Gasteiger partial charge in [0.15, 0.2) is 0 Å². The van der Waals surface area contributed by atoms with Crippen molar-refractivity contribution in [2.24, 2.45) is 0 Å². The van der Waals surface area contributed by atoms with E-state index in [4.69, 9.17) is 11.6 Å². The van der Waals surface area contributed by atoms with E-state index in [-0.39, 0.29) is 24.7 Å². The van der Waals surface area contributed by atoms with Gasteiger partial charge in [-0.05, 0) is 50.7 Å². The largest absolute Gasteiger partial charge is 0.356 e. The van der Waals surface area contributed by atoms with Crippen molar-refractivity contribution in [2.45, 2.75) is 25.3 Å². The monoisotopic (exact) mass is 352 g/mol. The lowest BCUT2D eigenvalue weighted by Crippen LogP contribution is -2.33. The minimum atomic E-state index is -0.684. The first-order valence-electron chi connectivity index (χ1n) is 7.84. The normalized spacial score (nSPS) is 17.1. The van der Waals surface area contributed by atoms with Crippen molar-refractivity contribution in [2.75, 3.05) is 25.0 Å². The van der Waals surface area contributed by atoms with Crippen LogP contribution in [0.15, 0.2) is 24.3 Å². The Balaban J connectivity index is 1.85. The molecule has 1 aliphatic rings. The van der Waals surface area contributed by atoms with Crippen LogP contribution in [-0.2, 0) is 9.59 Å². The Labute approximate surface area is 145 Å². The molecule has 0 spiro atoms. The SMILES string of the molecule is CNCCCNC(=O)CCC1NC(=O)N(c2ccc(Cl)cc2)C1=O. The number of hydrogen-bond donors (Lipinski definition) is 3. The van der Waals surface area contributed by atoms with Gasteiger partial charge in [-0.1, -0.05) is 11.6 Å². The Hall–Kier alpha value is -2.12. The fraction of sp³-hybridized carbons (Fsp3) is 0.438. The molecule has 24 heavy (non-hydrogen) atoms. The van der Waals surface area contributed by atoms with Gasteiger partial charge in [0.25, 0.3) is 5.91 Å². The summed E-state index contributed by atoms with van der Waals surface area (Å²) in [5, 5.41) is 8.92. The van der Waals surface area contributed by atoms with Crippen LogP contribution in [0.2, 0.25) is 5.02 Å². The molecule has 0 saturated carbocycles. The van der Waals surface area contributed by atoms with Gasteiger partial charge in [-0.3, -0.25) is 9.59 Å². The third-order valence-electron chi connectivity index (χ3n) is 3.69. The van der Waals surface area contributed by atoms with Crippen LogP contribution in [0.4, 0.5) is 10.5 Å². The topological polar surface area (TPSA) is 90.5 Å². The summed E-state index contributed by atoms with van der Waals surface area (Å²) in [4.78, 5) is 37.2. The number of carbonyl (C=O) groups is 3. The maximum atomic E-state index is 12.4. The molecule has 4 amide bonds. The number of nitrogens with zero attached hydrogens (tertiary/aromatic N) is 1. The summed E-state index contributed by atoms with van der Waals surface area (Å²) < 4.78 is 0. The molecule has 130 valence electrons. The van der Waals surface area contributed by atoms with E-state index in [2.05, 4.69) is 16.0 Å². The van der Waals surface area contributed by atoms with E-state index in [1.165, 1.54) is 0 Å². The predicted octanol–water partition coefficient (Wildman–Crippen LogP) is 1.27. The minimum absolute atomic E-state index is 0.127. The van der Waals surface area contributed by atoms with E-state index in [1.807, 2.05) is 7.05 Å². The lowest BCUT2D eigenvalue weighted by atomic mass is 10.1. The zero-order valence-corrected chi connectivity index (χ0v) is 14.2. The van der Waals surface area contributed by atoms with Crippen molar-refractivity contribution >= 4 is 35.1 Å². The third-order valence-corrected chi connectivity index (χ3v) is 3.94. The van der Waals surface area contributed by atoms with Gasteiger partial charge in [0.05, 0.1) is 5.69 Å². The summed E-state index contributed by atoms with van der Waals surface area (Å²) in [5.41, 5.74) is 0.459. The molecule has 7 nitrogen and oxygen atoms in total. The Morgan fingerprint density at radius 3 is 2.62 bits per heavy atom. The average molecular weight is 353 g/mol. The number of anilines is 1. The maximum absolute atomic E-state index is 12.4. The maximum Gasteiger partial charge on any atom is 0.329 e. The molecule has 0 radical (unpaired) electrons. The molecule has 1 fully saturated rings. The van der Waals surface area contributed by atoms with E-state index >= 15 is 0 Å². The van der Waals surface area contributed by atoms with E-state index in [0.29, 0.717) is 17.3 Å². The van der Waals surface area contributed by atoms with E-state index in [1.54, 1.807) is 24.3 Å². The van der Waals surface area contributed by atoms with Gasteiger partial charge in [0, 0.05) is 18.0 Å². The second kappa shape index (κ2) is 8.65. The summed E-state index contributed by atoms with van der Waals surface area (Å²) in [6, 6.07) is 5.28. The summed E-state index contributed by atoms with van der Waals surface area (Å²) in [6.07, 6.45) is 1.29. The summed E-state index contributed by atoms with van der Waals surface area (Å²) in [6.45, 7) is 1.41. The fourth-order valence-electron chi connectivity index (χ4n) is 2.42. The first-order chi connectivity index (χ1) is 11.5. The number of amides is 4. The Morgan fingerprint density at radius 1 is 1.25 bits per heavy atom. The molecule has 1 unspecified atom stereocenters. The molecule has 3 N–H and O–H groups in total. The van der Waals surface area contributed by atoms with Gasteiger partial charge in [-0.15, -0.1) is 0 Å². The third kappa shape index (κ3) is 4.69.